The van der Waals surface area contributed by atoms with Crippen LogP contribution in [0.1, 0.15) is 25.8 Å². The zero-order valence-corrected chi connectivity index (χ0v) is 15.8. The molecule has 0 N–H and O–H groups in total. The first-order valence-electron chi connectivity index (χ1n) is 8.76. The van der Waals surface area contributed by atoms with Crippen LogP contribution in [0, 0.1) is 17.7 Å². The van der Waals surface area contributed by atoms with Crippen LogP contribution < -0.4 is 0 Å². The molecule has 0 bridgehead atoms. The van der Waals surface area contributed by atoms with Gasteiger partial charge in [-0.1, -0.05) is 44.2 Å². The van der Waals surface area contributed by atoms with Gasteiger partial charge >= 0.3 is 0 Å². The minimum absolute atomic E-state index is 0.00885. The highest BCUT2D eigenvalue weighted by Gasteiger charge is 2.27. The Morgan fingerprint density at radius 1 is 1.00 bits per heavy atom. The molecular weight excluding hydrogens is 351 g/mol. The summed E-state index contributed by atoms with van der Waals surface area (Å²) in [7, 11) is -3.93. The van der Waals surface area contributed by atoms with E-state index in [-0.39, 0.29) is 4.90 Å². The molecule has 1 heterocycles. The summed E-state index contributed by atoms with van der Waals surface area (Å²) >= 11 is 0. The molecule has 1 aliphatic heterocycles. The van der Waals surface area contributed by atoms with E-state index in [1.807, 2.05) is 30.3 Å². The fourth-order valence-electron chi connectivity index (χ4n) is 3.49. The number of hydrogen-bond acceptors (Lipinski definition) is 2. The Hall–Kier alpha value is -2.21. The molecule has 0 aromatic heterocycles. The SMILES string of the molecule is C[C@@H]1C[C@H](C)CN(C(=NS(=O)(=O)c2ccc(F)cc2)c2ccccc2)C1. The van der Waals surface area contributed by atoms with Gasteiger partial charge in [0.25, 0.3) is 10.0 Å². The molecule has 2 aromatic rings. The van der Waals surface area contributed by atoms with Gasteiger partial charge in [-0.2, -0.15) is 8.42 Å². The van der Waals surface area contributed by atoms with Crippen LogP contribution >= 0.6 is 0 Å². The van der Waals surface area contributed by atoms with Crippen molar-refractivity contribution in [3.63, 3.8) is 0 Å². The van der Waals surface area contributed by atoms with Gasteiger partial charge in [0.05, 0.1) is 4.90 Å². The van der Waals surface area contributed by atoms with Crippen LogP contribution in [-0.4, -0.2) is 32.2 Å². The van der Waals surface area contributed by atoms with E-state index in [1.54, 1.807) is 0 Å². The third-order valence-electron chi connectivity index (χ3n) is 4.52. The molecule has 2 aromatic carbocycles. The van der Waals surface area contributed by atoms with Crippen molar-refractivity contribution < 1.29 is 12.8 Å². The summed E-state index contributed by atoms with van der Waals surface area (Å²) in [5.74, 6) is 0.894. The van der Waals surface area contributed by atoms with Gasteiger partial charge in [0.1, 0.15) is 11.7 Å². The van der Waals surface area contributed by atoms with E-state index < -0.39 is 15.8 Å². The first-order chi connectivity index (χ1) is 12.3. The van der Waals surface area contributed by atoms with Gasteiger partial charge in [-0.05, 0) is 42.5 Å². The topological polar surface area (TPSA) is 49.7 Å². The van der Waals surface area contributed by atoms with Crippen molar-refractivity contribution in [2.75, 3.05) is 13.1 Å². The molecule has 0 aliphatic carbocycles. The molecular formula is C20H23FN2O2S. The minimum Gasteiger partial charge on any atom is -0.355 e. The Morgan fingerprint density at radius 3 is 2.15 bits per heavy atom. The summed E-state index contributed by atoms with van der Waals surface area (Å²) in [5.41, 5.74) is 0.763. The predicted octanol–water partition coefficient (Wildman–Crippen LogP) is 3.94. The number of nitrogens with zero attached hydrogens (tertiary/aromatic N) is 2. The molecule has 1 saturated heterocycles. The fraction of sp³-hybridized carbons (Fsp3) is 0.350. The molecule has 0 amide bonds. The maximum atomic E-state index is 13.1. The highest BCUT2D eigenvalue weighted by molar-refractivity contribution is 7.90. The largest absolute Gasteiger partial charge is 0.355 e. The number of likely N-dealkylation sites (tertiary alicyclic amines) is 1. The van der Waals surface area contributed by atoms with Gasteiger partial charge in [0, 0.05) is 18.7 Å². The maximum absolute atomic E-state index is 13.1. The third kappa shape index (κ3) is 4.30. The van der Waals surface area contributed by atoms with Crippen molar-refractivity contribution in [1.29, 1.82) is 0 Å². The second-order valence-corrected chi connectivity index (χ2v) is 8.67. The smallest absolute Gasteiger partial charge is 0.284 e. The van der Waals surface area contributed by atoms with E-state index in [2.05, 4.69) is 23.1 Å². The maximum Gasteiger partial charge on any atom is 0.284 e. The summed E-state index contributed by atoms with van der Waals surface area (Å²) in [6.45, 7) is 5.85. The zero-order chi connectivity index (χ0) is 18.7. The lowest BCUT2D eigenvalue weighted by Crippen LogP contribution is -2.43. The molecule has 0 spiro atoms. The fourth-order valence-corrected chi connectivity index (χ4v) is 4.52. The van der Waals surface area contributed by atoms with Crippen LogP contribution in [-0.2, 0) is 10.0 Å². The predicted molar refractivity (Wildman–Crippen MR) is 101 cm³/mol. The Kier molecular flexibility index (Phi) is 5.41. The number of amidine groups is 1. The van der Waals surface area contributed by atoms with Crippen LogP contribution in [0.25, 0.3) is 0 Å². The lowest BCUT2D eigenvalue weighted by Gasteiger charge is -2.37. The Bertz CT molecular complexity index is 870. The molecule has 4 nitrogen and oxygen atoms in total. The lowest BCUT2D eigenvalue weighted by molar-refractivity contribution is 0.214. The molecule has 1 aliphatic rings. The average Bonchev–Trinajstić information content (AvgIpc) is 2.60. The van der Waals surface area contributed by atoms with Crippen LogP contribution in [0.4, 0.5) is 4.39 Å². The van der Waals surface area contributed by atoms with Crippen molar-refractivity contribution >= 4 is 15.9 Å². The molecule has 3 rings (SSSR count). The average molecular weight is 374 g/mol. The lowest BCUT2D eigenvalue weighted by atomic mass is 9.91. The summed E-state index contributed by atoms with van der Waals surface area (Å²) in [5, 5.41) is 0. The number of benzene rings is 2. The van der Waals surface area contributed by atoms with Crippen LogP contribution in [0.15, 0.2) is 63.9 Å². The van der Waals surface area contributed by atoms with E-state index in [0.29, 0.717) is 17.7 Å². The second-order valence-electron chi connectivity index (χ2n) is 7.06. The summed E-state index contributed by atoms with van der Waals surface area (Å²) < 4.78 is 42.9. The highest BCUT2D eigenvalue weighted by Crippen LogP contribution is 2.24. The van der Waals surface area contributed by atoms with Crippen LogP contribution in [0.3, 0.4) is 0 Å². The molecule has 0 saturated carbocycles. The van der Waals surface area contributed by atoms with Gasteiger partial charge in [0.2, 0.25) is 0 Å². The normalized spacial score (nSPS) is 21.7. The van der Waals surface area contributed by atoms with E-state index in [4.69, 9.17) is 0 Å². The Balaban J connectivity index is 2.05. The minimum atomic E-state index is -3.93. The van der Waals surface area contributed by atoms with Gasteiger partial charge in [-0.3, -0.25) is 0 Å². The molecule has 138 valence electrons. The number of sulfonamides is 1. The van der Waals surface area contributed by atoms with Crippen LogP contribution in [0.5, 0.6) is 0 Å². The molecule has 1 fully saturated rings. The van der Waals surface area contributed by atoms with Gasteiger partial charge in [-0.15, -0.1) is 4.40 Å². The summed E-state index contributed by atoms with van der Waals surface area (Å²) in [6.07, 6.45) is 1.11. The van der Waals surface area contributed by atoms with Gasteiger partial charge in [0.15, 0.2) is 0 Å². The van der Waals surface area contributed by atoms with Gasteiger partial charge in [-0.25, -0.2) is 4.39 Å². The van der Waals surface area contributed by atoms with E-state index >= 15 is 0 Å². The number of rotatable bonds is 3. The van der Waals surface area contributed by atoms with Crippen molar-refractivity contribution in [1.82, 2.24) is 4.90 Å². The van der Waals surface area contributed by atoms with E-state index in [1.165, 1.54) is 12.1 Å². The Morgan fingerprint density at radius 2 is 1.58 bits per heavy atom. The van der Waals surface area contributed by atoms with Crippen molar-refractivity contribution in [3.05, 3.63) is 66.0 Å². The quantitative estimate of drug-likeness (QED) is 0.604. The molecule has 2 atom stereocenters. The van der Waals surface area contributed by atoms with Crippen molar-refractivity contribution in [3.8, 4) is 0 Å². The first kappa shape index (κ1) is 18.6. The third-order valence-corrected chi connectivity index (χ3v) is 5.80. The van der Waals surface area contributed by atoms with E-state index in [0.717, 1.165) is 37.2 Å². The molecule has 0 unspecified atom stereocenters. The van der Waals surface area contributed by atoms with Gasteiger partial charge < -0.3 is 4.90 Å². The second kappa shape index (κ2) is 7.58. The first-order valence-corrected chi connectivity index (χ1v) is 10.2. The summed E-state index contributed by atoms with van der Waals surface area (Å²) in [4.78, 5) is 2.04. The Labute approximate surface area is 154 Å². The standard InChI is InChI=1S/C20H23FN2O2S/c1-15-12-16(2)14-23(13-15)20(17-6-4-3-5-7-17)22-26(24,25)19-10-8-18(21)9-11-19/h3-11,15-16H,12-14H2,1-2H3/t15-,16+. The zero-order valence-electron chi connectivity index (χ0n) is 15.0. The molecule has 6 heteroatoms. The summed E-state index contributed by atoms with van der Waals surface area (Å²) in [6, 6.07) is 14.1. The van der Waals surface area contributed by atoms with Crippen molar-refractivity contribution in [2.45, 2.75) is 25.2 Å². The van der Waals surface area contributed by atoms with Crippen molar-refractivity contribution in [2.24, 2.45) is 16.2 Å². The van der Waals surface area contributed by atoms with Crippen LogP contribution in [0.2, 0.25) is 0 Å². The van der Waals surface area contributed by atoms with E-state index in [9.17, 15) is 12.8 Å². The number of halogens is 1. The molecule has 0 radical (unpaired) electrons. The molecule has 26 heavy (non-hydrogen) atoms. The number of hydrogen-bond donors (Lipinski definition) is 0. The monoisotopic (exact) mass is 374 g/mol. The number of piperidine rings is 1. The highest BCUT2D eigenvalue weighted by atomic mass is 32.2.